The number of hydrogen-bond acceptors (Lipinski definition) is 3. The van der Waals surface area contributed by atoms with Crippen LogP contribution in [-0.2, 0) is 0 Å². The van der Waals surface area contributed by atoms with Gasteiger partial charge in [0.25, 0.3) is 0 Å². The highest BCUT2D eigenvalue weighted by Gasteiger charge is 2.20. The van der Waals surface area contributed by atoms with Crippen molar-refractivity contribution < 1.29 is 4.74 Å². The first-order valence-electron chi connectivity index (χ1n) is 5.58. The number of hydrogen-bond donors (Lipinski definition) is 1. The third-order valence-electron chi connectivity index (χ3n) is 2.98. The van der Waals surface area contributed by atoms with Gasteiger partial charge in [0, 0.05) is 24.0 Å². The van der Waals surface area contributed by atoms with E-state index in [9.17, 15) is 0 Å². The molecule has 1 aliphatic carbocycles. The van der Waals surface area contributed by atoms with Gasteiger partial charge >= 0.3 is 0 Å². The number of aromatic nitrogens is 1. The summed E-state index contributed by atoms with van der Waals surface area (Å²) in [7, 11) is 0. The van der Waals surface area contributed by atoms with E-state index in [0.29, 0.717) is 12.1 Å². The van der Waals surface area contributed by atoms with E-state index >= 15 is 0 Å². The minimum absolute atomic E-state index is 0.339. The Morgan fingerprint density at radius 1 is 1.33 bits per heavy atom. The molecule has 0 atom stereocenters. The van der Waals surface area contributed by atoms with Crippen LogP contribution in [0.5, 0.6) is 5.75 Å². The Labute approximate surface area is 90.7 Å². The molecule has 2 N–H and O–H groups in total. The maximum atomic E-state index is 5.94. The van der Waals surface area contributed by atoms with Gasteiger partial charge in [0.1, 0.15) is 5.75 Å². The molecule has 82 valence electrons. The molecule has 1 heterocycles. The summed E-state index contributed by atoms with van der Waals surface area (Å²) in [5, 5.41) is 0. The highest BCUT2D eigenvalue weighted by Crippen LogP contribution is 2.24. The van der Waals surface area contributed by atoms with Gasteiger partial charge < -0.3 is 10.5 Å². The van der Waals surface area contributed by atoms with Crippen molar-refractivity contribution in [3.8, 4) is 5.75 Å². The van der Waals surface area contributed by atoms with Gasteiger partial charge in [-0.15, -0.1) is 0 Å². The van der Waals surface area contributed by atoms with Crippen LogP contribution < -0.4 is 10.5 Å². The summed E-state index contributed by atoms with van der Waals surface area (Å²) in [6.07, 6.45) is 8.25. The fourth-order valence-corrected chi connectivity index (χ4v) is 1.98. The molecule has 0 saturated heterocycles. The zero-order valence-corrected chi connectivity index (χ0v) is 9.15. The van der Waals surface area contributed by atoms with Crippen LogP contribution in [0, 0.1) is 6.92 Å². The van der Waals surface area contributed by atoms with Crippen molar-refractivity contribution in [1.29, 1.82) is 0 Å². The fraction of sp³-hybridized carbons (Fsp3) is 0.583. The van der Waals surface area contributed by atoms with Crippen molar-refractivity contribution in [3.05, 3.63) is 24.0 Å². The average molecular weight is 206 g/mol. The third-order valence-corrected chi connectivity index (χ3v) is 2.98. The topological polar surface area (TPSA) is 48.1 Å². The molecule has 1 aromatic rings. The number of nitrogens with zero attached hydrogens (tertiary/aromatic N) is 1. The van der Waals surface area contributed by atoms with Crippen LogP contribution >= 0.6 is 0 Å². The first-order chi connectivity index (χ1) is 7.25. The van der Waals surface area contributed by atoms with Gasteiger partial charge in [-0.2, -0.15) is 0 Å². The molecule has 1 aliphatic rings. The van der Waals surface area contributed by atoms with Crippen molar-refractivity contribution in [1.82, 2.24) is 4.98 Å². The summed E-state index contributed by atoms with van der Waals surface area (Å²) >= 11 is 0. The highest BCUT2D eigenvalue weighted by molar-refractivity contribution is 5.28. The van der Waals surface area contributed by atoms with Crippen LogP contribution in [0.25, 0.3) is 0 Å². The lowest BCUT2D eigenvalue weighted by molar-refractivity contribution is 0.146. The molecule has 1 fully saturated rings. The highest BCUT2D eigenvalue weighted by atomic mass is 16.5. The molecule has 0 unspecified atom stereocenters. The summed E-state index contributed by atoms with van der Waals surface area (Å²) in [4.78, 5) is 4.05. The van der Waals surface area contributed by atoms with Gasteiger partial charge in [0.2, 0.25) is 0 Å². The molecule has 2 rings (SSSR count). The van der Waals surface area contributed by atoms with Crippen molar-refractivity contribution in [3.63, 3.8) is 0 Å². The number of ether oxygens (including phenoxy) is 1. The molecular formula is C12H18N2O. The second kappa shape index (κ2) is 4.62. The van der Waals surface area contributed by atoms with Gasteiger partial charge in [-0.25, -0.2) is 0 Å². The van der Waals surface area contributed by atoms with E-state index in [2.05, 4.69) is 4.98 Å². The standard InChI is InChI=1S/C12H18N2O/c1-9-8-14-7-6-12(9)15-11-4-2-10(13)3-5-11/h6-8,10-11H,2-5,13H2,1H3. The summed E-state index contributed by atoms with van der Waals surface area (Å²) in [5.41, 5.74) is 6.96. The van der Waals surface area contributed by atoms with E-state index in [0.717, 1.165) is 37.0 Å². The Kier molecular flexibility index (Phi) is 3.21. The van der Waals surface area contributed by atoms with E-state index in [1.807, 2.05) is 19.2 Å². The van der Waals surface area contributed by atoms with Gasteiger partial charge in [-0.05, 0) is 38.7 Å². The van der Waals surface area contributed by atoms with Gasteiger partial charge in [0.05, 0.1) is 6.10 Å². The number of pyridine rings is 1. The van der Waals surface area contributed by atoms with Crippen molar-refractivity contribution in [2.75, 3.05) is 0 Å². The fourth-order valence-electron chi connectivity index (χ4n) is 1.98. The van der Waals surface area contributed by atoms with Gasteiger partial charge in [-0.3, -0.25) is 4.98 Å². The monoisotopic (exact) mass is 206 g/mol. The van der Waals surface area contributed by atoms with Crippen LogP contribution in [0.3, 0.4) is 0 Å². The molecule has 0 aromatic carbocycles. The summed E-state index contributed by atoms with van der Waals surface area (Å²) in [6.45, 7) is 2.02. The number of rotatable bonds is 2. The van der Waals surface area contributed by atoms with Crippen LogP contribution in [0.4, 0.5) is 0 Å². The lowest BCUT2D eigenvalue weighted by Gasteiger charge is -2.27. The maximum absolute atomic E-state index is 5.94. The van der Waals surface area contributed by atoms with Gasteiger partial charge in [0.15, 0.2) is 0 Å². The van der Waals surface area contributed by atoms with Crippen molar-refractivity contribution in [2.45, 2.75) is 44.8 Å². The maximum Gasteiger partial charge on any atom is 0.125 e. The largest absolute Gasteiger partial charge is 0.490 e. The Bertz CT molecular complexity index is 319. The van der Waals surface area contributed by atoms with E-state index in [4.69, 9.17) is 10.5 Å². The van der Waals surface area contributed by atoms with E-state index in [1.165, 1.54) is 0 Å². The predicted octanol–water partition coefficient (Wildman–Crippen LogP) is 2.04. The quantitative estimate of drug-likeness (QED) is 0.805. The van der Waals surface area contributed by atoms with E-state index in [-0.39, 0.29) is 0 Å². The minimum atomic E-state index is 0.339. The number of aryl methyl sites for hydroxylation is 1. The average Bonchev–Trinajstić information content (AvgIpc) is 2.25. The summed E-state index contributed by atoms with van der Waals surface area (Å²) in [5.74, 6) is 0.963. The zero-order valence-electron chi connectivity index (χ0n) is 9.15. The zero-order chi connectivity index (χ0) is 10.7. The van der Waals surface area contributed by atoms with Crippen LogP contribution in [0.2, 0.25) is 0 Å². The predicted molar refractivity (Wildman–Crippen MR) is 59.8 cm³/mol. The lowest BCUT2D eigenvalue weighted by atomic mass is 9.94. The van der Waals surface area contributed by atoms with Crippen molar-refractivity contribution in [2.24, 2.45) is 5.73 Å². The van der Waals surface area contributed by atoms with E-state index in [1.54, 1.807) is 6.20 Å². The van der Waals surface area contributed by atoms with E-state index < -0.39 is 0 Å². The van der Waals surface area contributed by atoms with Gasteiger partial charge in [-0.1, -0.05) is 0 Å². The smallest absolute Gasteiger partial charge is 0.125 e. The molecule has 0 bridgehead atoms. The molecule has 1 saturated carbocycles. The molecule has 1 aromatic heterocycles. The third kappa shape index (κ3) is 2.69. The molecule has 0 spiro atoms. The minimum Gasteiger partial charge on any atom is -0.490 e. The molecule has 15 heavy (non-hydrogen) atoms. The lowest BCUT2D eigenvalue weighted by Crippen LogP contribution is -2.31. The molecular weight excluding hydrogens is 188 g/mol. The van der Waals surface area contributed by atoms with Crippen LogP contribution in [0.1, 0.15) is 31.2 Å². The van der Waals surface area contributed by atoms with Crippen molar-refractivity contribution >= 4 is 0 Å². The second-order valence-electron chi connectivity index (χ2n) is 4.30. The Morgan fingerprint density at radius 2 is 2.07 bits per heavy atom. The summed E-state index contributed by atoms with van der Waals surface area (Å²) < 4.78 is 5.94. The first kappa shape index (κ1) is 10.4. The van der Waals surface area contributed by atoms with Crippen LogP contribution in [-0.4, -0.2) is 17.1 Å². The Hall–Kier alpha value is -1.09. The van der Waals surface area contributed by atoms with Crippen LogP contribution in [0.15, 0.2) is 18.5 Å². The SMILES string of the molecule is Cc1cnccc1OC1CCC(N)CC1. The Morgan fingerprint density at radius 3 is 2.73 bits per heavy atom. The summed E-state index contributed by atoms with van der Waals surface area (Å²) in [6, 6.07) is 2.31. The normalized spacial score (nSPS) is 26.3. The molecule has 0 aliphatic heterocycles. The Balaban J connectivity index is 1.95. The molecule has 0 amide bonds. The molecule has 0 radical (unpaired) electrons. The first-order valence-corrected chi connectivity index (χ1v) is 5.58. The second-order valence-corrected chi connectivity index (χ2v) is 4.30. The number of nitrogens with two attached hydrogens (primary N) is 1. The molecule has 3 nitrogen and oxygen atoms in total. The molecule has 3 heteroatoms.